The summed E-state index contributed by atoms with van der Waals surface area (Å²) in [6, 6.07) is 15.9. The number of anilines is 2. The minimum absolute atomic E-state index is 0.397. The molecule has 168 valence electrons. The first kappa shape index (κ1) is 23.3. The highest BCUT2D eigenvalue weighted by Crippen LogP contribution is 2.22. The van der Waals surface area contributed by atoms with E-state index >= 15 is 0 Å². The average molecular weight is 455 g/mol. The van der Waals surface area contributed by atoms with Gasteiger partial charge in [-0.15, -0.1) is 0 Å². The number of nitrogens with one attached hydrogen (secondary N) is 2. The predicted octanol–water partition coefficient (Wildman–Crippen LogP) is 5.78. The first-order chi connectivity index (χ1) is 15.4. The predicted molar refractivity (Wildman–Crippen MR) is 127 cm³/mol. The maximum Gasteiger partial charge on any atom is 0.324 e. The normalized spacial score (nSPS) is 11.7. The topological polar surface area (TPSA) is 96.2 Å². The molecule has 0 saturated heterocycles. The fourth-order valence-corrected chi connectivity index (χ4v) is 3.39. The minimum atomic E-state index is -0.836. The summed E-state index contributed by atoms with van der Waals surface area (Å²) in [5.74, 6) is -0.797. The van der Waals surface area contributed by atoms with Crippen LogP contribution >= 0.6 is 11.6 Å². The monoisotopic (exact) mass is 454 g/mol. The van der Waals surface area contributed by atoms with Gasteiger partial charge in [-0.1, -0.05) is 44.0 Å². The number of carboxylic acids is 1. The number of halogens is 1. The number of unbranched alkanes of at least 4 members (excludes halogenated alkanes) is 1. The Hall–Kier alpha value is -3.32. The van der Waals surface area contributed by atoms with E-state index in [1.165, 1.54) is 0 Å². The van der Waals surface area contributed by atoms with Crippen molar-refractivity contribution < 1.29 is 14.7 Å². The van der Waals surface area contributed by atoms with Gasteiger partial charge in [-0.3, -0.25) is 10.1 Å². The van der Waals surface area contributed by atoms with Crippen LogP contribution in [0, 0.1) is 5.92 Å². The van der Waals surface area contributed by atoms with Gasteiger partial charge in [-0.2, -0.15) is 5.10 Å². The van der Waals surface area contributed by atoms with E-state index in [0.717, 1.165) is 36.2 Å². The zero-order chi connectivity index (χ0) is 23.1. The van der Waals surface area contributed by atoms with Crippen LogP contribution in [0.5, 0.6) is 0 Å². The van der Waals surface area contributed by atoms with Gasteiger partial charge in [0.15, 0.2) is 0 Å². The molecular weight excluding hydrogens is 428 g/mol. The van der Waals surface area contributed by atoms with Crippen molar-refractivity contribution in [1.29, 1.82) is 0 Å². The Morgan fingerprint density at radius 1 is 1.12 bits per heavy atom. The molecule has 2 amide bonds. The molecule has 1 aromatic heterocycles. The van der Waals surface area contributed by atoms with Crippen LogP contribution in [-0.2, 0) is 17.6 Å². The van der Waals surface area contributed by atoms with Gasteiger partial charge in [0.2, 0.25) is 0 Å². The van der Waals surface area contributed by atoms with Gasteiger partial charge in [0.1, 0.15) is 5.82 Å². The second-order valence-electron chi connectivity index (χ2n) is 7.74. The van der Waals surface area contributed by atoms with Crippen molar-refractivity contribution in [3.63, 3.8) is 0 Å². The standard InChI is InChI=1S/C24H27ClN4O3/c1-3-4-7-20-15-22(27-24(32)26-19-11-9-18(25)10-12-19)29(28-20)21-8-5-6-17(14-21)13-16(2)23(30)31/h5-6,8-12,14-16H,3-4,7,13H2,1-2H3,(H,30,31)(H2,26,27,32). The number of urea groups is 1. The van der Waals surface area contributed by atoms with Gasteiger partial charge in [-0.05, 0) is 61.2 Å². The lowest BCUT2D eigenvalue weighted by atomic mass is 10.0. The van der Waals surface area contributed by atoms with Gasteiger partial charge >= 0.3 is 12.0 Å². The van der Waals surface area contributed by atoms with Crippen LogP contribution in [-0.4, -0.2) is 26.9 Å². The second kappa shape index (κ2) is 10.8. The number of aryl methyl sites for hydroxylation is 1. The summed E-state index contributed by atoms with van der Waals surface area (Å²) >= 11 is 5.90. The zero-order valence-electron chi connectivity index (χ0n) is 18.1. The zero-order valence-corrected chi connectivity index (χ0v) is 18.9. The minimum Gasteiger partial charge on any atom is -0.481 e. The molecule has 0 bridgehead atoms. The van der Waals surface area contributed by atoms with Crippen molar-refractivity contribution >= 4 is 35.1 Å². The maximum atomic E-state index is 12.6. The molecule has 32 heavy (non-hydrogen) atoms. The number of benzene rings is 2. The fraction of sp³-hybridized carbons (Fsp3) is 0.292. The lowest BCUT2D eigenvalue weighted by Crippen LogP contribution is -2.21. The molecular formula is C24H27ClN4O3. The van der Waals surface area contributed by atoms with Crippen LogP contribution in [0.3, 0.4) is 0 Å². The molecule has 1 atom stereocenters. The summed E-state index contributed by atoms with van der Waals surface area (Å²) in [6.07, 6.45) is 3.23. The van der Waals surface area contributed by atoms with Crippen LogP contribution in [0.25, 0.3) is 5.69 Å². The molecule has 0 saturated carbocycles. The molecule has 1 unspecified atom stereocenters. The molecule has 0 aliphatic carbocycles. The summed E-state index contributed by atoms with van der Waals surface area (Å²) in [4.78, 5) is 23.8. The molecule has 2 aromatic carbocycles. The number of hydrogen-bond acceptors (Lipinski definition) is 3. The van der Waals surface area contributed by atoms with Gasteiger partial charge in [-0.25, -0.2) is 9.48 Å². The Kier molecular flexibility index (Phi) is 7.89. The van der Waals surface area contributed by atoms with E-state index in [9.17, 15) is 14.7 Å². The molecule has 8 heteroatoms. The molecule has 3 N–H and O–H groups in total. The van der Waals surface area contributed by atoms with Crippen molar-refractivity contribution in [2.75, 3.05) is 10.6 Å². The smallest absolute Gasteiger partial charge is 0.324 e. The third-order valence-electron chi connectivity index (χ3n) is 5.01. The van der Waals surface area contributed by atoms with Gasteiger partial charge in [0, 0.05) is 16.8 Å². The number of hydrogen-bond donors (Lipinski definition) is 3. The number of aliphatic carboxylic acids is 1. The number of amides is 2. The SMILES string of the molecule is CCCCc1cc(NC(=O)Nc2ccc(Cl)cc2)n(-c2cccc(CC(C)C(=O)O)c2)n1. The van der Waals surface area contributed by atoms with Crippen LogP contribution in [0.1, 0.15) is 37.9 Å². The quantitative estimate of drug-likeness (QED) is 0.382. The largest absolute Gasteiger partial charge is 0.481 e. The van der Waals surface area contributed by atoms with E-state index < -0.39 is 17.9 Å². The molecule has 0 spiro atoms. The van der Waals surface area contributed by atoms with Gasteiger partial charge in [0.25, 0.3) is 0 Å². The first-order valence-electron chi connectivity index (χ1n) is 10.6. The highest BCUT2D eigenvalue weighted by atomic mass is 35.5. The van der Waals surface area contributed by atoms with E-state index in [0.29, 0.717) is 22.9 Å². The highest BCUT2D eigenvalue weighted by Gasteiger charge is 2.15. The Balaban J connectivity index is 1.84. The van der Waals surface area contributed by atoms with E-state index in [1.54, 1.807) is 35.9 Å². The highest BCUT2D eigenvalue weighted by molar-refractivity contribution is 6.30. The van der Waals surface area contributed by atoms with Crippen molar-refractivity contribution in [3.05, 3.63) is 70.9 Å². The molecule has 1 heterocycles. The molecule has 0 radical (unpaired) electrons. The maximum absolute atomic E-state index is 12.6. The van der Waals surface area contributed by atoms with Crippen molar-refractivity contribution in [2.24, 2.45) is 5.92 Å². The molecule has 3 aromatic rings. The Morgan fingerprint density at radius 2 is 1.88 bits per heavy atom. The van der Waals surface area contributed by atoms with Gasteiger partial charge in [0.05, 0.1) is 17.3 Å². The fourth-order valence-electron chi connectivity index (χ4n) is 3.26. The lowest BCUT2D eigenvalue weighted by Gasteiger charge is -2.12. The summed E-state index contributed by atoms with van der Waals surface area (Å²) < 4.78 is 1.68. The summed E-state index contributed by atoms with van der Waals surface area (Å²) in [5.41, 5.74) is 3.14. The first-order valence-corrected chi connectivity index (χ1v) is 11.0. The molecule has 3 rings (SSSR count). The van der Waals surface area contributed by atoms with E-state index in [1.807, 2.05) is 30.3 Å². The summed E-state index contributed by atoms with van der Waals surface area (Å²) in [7, 11) is 0. The number of rotatable bonds is 9. The Bertz CT molecular complexity index is 1080. The van der Waals surface area contributed by atoms with Crippen molar-refractivity contribution in [1.82, 2.24) is 9.78 Å². The summed E-state index contributed by atoms with van der Waals surface area (Å²) in [6.45, 7) is 3.79. The number of carbonyl (C=O) groups is 2. The molecule has 0 aliphatic rings. The summed E-state index contributed by atoms with van der Waals surface area (Å²) in [5, 5.41) is 20.1. The van der Waals surface area contributed by atoms with Crippen molar-refractivity contribution in [3.8, 4) is 5.69 Å². The lowest BCUT2D eigenvalue weighted by molar-refractivity contribution is -0.141. The van der Waals surface area contributed by atoms with Crippen LogP contribution in [0.4, 0.5) is 16.3 Å². The number of aromatic nitrogens is 2. The molecule has 0 aliphatic heterocycles. The second-order valence-corrected chi connectivity index (χ2v) is 8.17. The van der Waals surface area contributed by atoms with E-state index in [4.69, 9.17) is 11.6 Å². The number of carbonyl (C=O) groups excluding carboxylic acids is 1. The van der Waals surface area contributed by atoms with E-state index in [2.05, 4.69) is 22.7 Å². The molecule has 0 fully saturated rings. The Labute approximate surface area is 192 Å². The van der Waals surface area contributed by atoms with E-state index in [-0.39, 0.29) is 0 Å². The third-order valence-corrected chi connectivity index (χ3v) is 5.26. The Morgan fingerprint density at radius 3 is 2.56 bits per heavy atom. The number of carboxylic acid groups (broad SMARTS) is 1. The third kappa shape index (κ3) is 6.34. The van der Waals surface area contributed by atoms with Gasteiger partial charge < -0.3 is 10.4 Å². The van der Waals surface area contributed by atoms with Crippen LogP contribution in [0.2, 0.25) is 5.02 Å². The number of nitrogens with zero attached hydrogens (tertiary/aromatic N) is 2. The van der Waals surface area contributed by atoms with Crippen LogP contribution in [0.15, 0.2) is 54.6 Å². The molecule has 7 nitrogen and oxygen atoms in total. The average Bonchev–Trinajstić information content (AvgIpc) is 3.16. The van der Waals surface area contributed by atoms with Crippen molar-refractivity contribution in [2.45, 2.75) is 39.5 Å². The van der Waals surface area contributed by atoms with Crippen LogP contribution < -0.4 is 10.6 Å².